The second kappa shape index (κ2) is 13.8. The summed E-state index contributed by atoms with van der Waals surface area (Å²) in [5.74, 6) is -3.55. The number of rotatable bonds is 7. The number of carbonyl (C=O) groups is 3. The van der Waals surface area contributed by atoms with Crippen molar-refractivity contribution in [3.63, 3.8) is 0 Å². The topological polar surface area (TPSA) is 170 Å². The maximum absolute atomic E-state index is 14.0. The molecule has 3 aromatic heterocycles. The lowest BCUT2D eigenvalue weighted by molar-refractivity contribution is 0.00682. The Balaban J connectivity index is 0.000000244. The predicted octanol–water partition coefficient (Wildman–Crippen LogP) is 5.67. The summed E-state index contributed by atoms with van der Waals surface area (Å²) in [6.07, 6.45) is 2.11. The van der Waals surface area contributed by atoms with Crippen molar-refractivity contribution in [3.05, 3.63) is 98.2 Å². The quantitative estimate of drug-likeness (QED) is 0.143. The van der Waals surface area contributed by atoms with E-state index >= 15 is 0 Å². The Kier molecular flexibility index (Phi) is 9.92. The molecule has 0 bridgehead atoms. The molecule has 0 saturated carbocycles. The van der Waals surface area contributed by atoms with Gasteiger partial charge in [0.2, 0.25) is 0 Å². The van der Waals surface area contributed by atoms with Crippen molar-refractivity contribution in [2.45, 2.75) is 78.6 Å². The summed E-state index contributed by atoms with van der Waals surface area (Å²) in [6, 6.07) is 9.83. The fourth-order valence-electron chi connectivity index (χ4n) is 5.78. The third-order valence-corrected chi connectivity index (χ3v) is 8.10. The molecule has 1 aliphatic rings. The number of esters is 1. The minimum absolute atomic E-state index is 0.0768. The molecule has 3 N–H and O–H groups in total. The van der Waals surface area contributed by atoms with Crippen LogP contribution in [0.2, 0.25) is 0 Å². The molecular formula is C34H36ClFN6O7. The van der Waals surface area contributed by atoms with Gasteiger partial charge in [0.1, 0.15) is 11.3 Å². The summed E-state index contributed by atoms with van der Waals surface area (Å²) in [6.45, 7) is 11.7. The molecule has 0 unspecified atom stereocenters. The maximum atomic E-state index is 14.0. The first-order chi connectivity index (χ1) is 23.1. The number of carboxylic acid groups (broad SMARTS) is 1. The number of aromatic carboxylic acids is 1. The van der Waals surface area contributed by atoms with Crippen molar-refractivity contribution >= 4 is 46.4 Å². The SMILES string of the molecule is CC(C)n1c(=O)oc2ccc(CNCl)cc21.Cc1c(C(=O)OC(C)(C)C)ccc2c1CC[C@@H]2NC(=O)c1cc(C(=O)O)nc2c(F)cnn12. The second-order valence-corrected chi connectivity index (χ2v) is 13.1. The van der Waals surface area contributed by atoms with Gasteiger partial charge in [-0.3, -0.25) is 9.36 Å². The van der Waals surface area contributed by atoms with Crippen molar-refractivity contribution in [3.8, 4) is 0 Å². The van der Waals surface area contributed by atoms with Crippen LogP contribution in [0.1, 0.15) is 107 Å². The molecule has 3 heterocycles. The number of aromatic nitrogens is 4. The van der Waals surface area contributed by atoms with Gasteiger partial charge < -0.3 is 19.6 Å². The zero-order chi connectivity index (χ0) is 35.8. The second-order valence-electron chi connectivity index (χ2n) is 12.9. The van der Waals surface area contributed by atoms with Gasteiger partial charge in [-0.15, -0.1) is 0 Å². The van der Waals surface area contributed by atoms with Crippen LogP contribution >= 0.6 is 11.8 Å². The molecule has 49 heavy (non-hydrogen) atoms. The van der Waals surface area contributed by atoms with Gasteiger partial charge in [-0.25, -0.2) is 33.1 Å². The number of carbonyl (C=O) groups excluding carboxylic acids is 2. The van der Waals surface area contributed by atoms with Crippen LogP contribution in [0.5, 0.6) is 0 Å². The van der Waals surface area contributed by atoms with E-state index in [-0.39, 0.29) is 29.2 Å². The van der Waals surface area contributed by atoms with Gasteiger partial charge >= 0.3 is 17.7 Å². The molecule has 258 valence electrons. The van der Waals surface area contributed by atoms with E-state index in [1.54, 1.807) is 43.5 Å². The summed E-state index contributed by atoms with van der Waals surface area (Å²) in [5, 5.41) is 16.0. The third-order valence-electron chi connectivity index (χ3n) is 7.96. The number of benzene rings is 2. The van der Waals surface area contributed by atoms with E-state index < -0.39 is 35.0 Å². The van der Waals surface area contributed by atoms with Crippen LogP contribution in [-0.2, 0) is 17.7 Å². The molecule has 0 spiro atoms. The first kappa shape index (κ1) is 35.2. The Bertz CT molecular complexity index is 2150. The average Bonchev–Trinajstić information content (AvgIpc) is 3.71. The third kappa shape index (κ3) is 7.34. The lowest BCUT2D eigenvalue weighted by Gasteiger charge is -2.21. The Hall–Kier alpha value is -5.08. The van der Waals surface area contributed by atoms with Crippen LogP contribution in [0.4, 0.5) is 4.39 Å². The van der Waals surface area contributed by atoms with Crippen molar-refractivity contribution in [1.82, 2.24) is 29.3 Å². The molecular weight excluding hydrogens is 659 g/mol. The summed E-state index contributed by atoms with van der Waals surface area (Å²) in [5.41, 5.74) is 3.97. The minimum Gasteiger partial charge on any atom is -0.477 e. The molecule has 5 aromatic rings. The normalized spacial score (nSPS) is 14.1. The van der Waals surface area contributed by atoms with E-state index in [2.05, 4.69) is 20.2 Å². The monoisotopic (exact) mass is 694 g/mol. The number of hydrogen-bond acceptors (Lipinski definition) is 9. The van der Waals surface area contributed by atoms with E-state index in [0.717, 1.165) is 44.5 Å². The van der Waals surface area contributed by atoms with Crippen molar-refractivity contribution in [1.29, 1.82) is 0 Å². The van der Waals surface area contributed by atoms with Gasteiger partial charge in [-0.2, -0.15) is 5.10 Å². The highest BCUT2D eigenvalue weighted by molar-refractivity contribution is 6.13. The molecule has 13 nitrogen and oxygen atoms in total. The van der Waals surface area contributed by atoms with Crippen LogP contribution in [0, 0.1) is 12.7 Å². The highest BCUT2D eigenvalue weighted by Crippen LogP contribution is 2.35. The number of nitrogens with one attached hydrogen (secondary N) is 2. The number of ether oxygens (including phenoxy) is 1. The molecule has 1 aliphatic carbocycles. The first-order valence-electron chi connectivity index (χ1n) is 15.5. The standard InChI is InChI=1S/C23H23FN4O5.C11H13ClN2O2/c1-11-12-7-8-16(14(12)6-5-13(11)22(32)33-23(2,3)4)27-20(29)18-9-17(21(30)31)26-19-15(24)10-25-28(18)19;1-7(2)14-9-5-8(6-13-12)3-4-10(9)16-11(14)15/h5-6,9-10,16H,7-8H2,1-4H3,(H,27,29)(H,30,31);3-5,7,13H,6H2,1-2H3/t16-;/m0./s1. The van der Waals surface area contributed by atoms with Crippen LogP contribution in [0.15, 0.2) is 51.8 Å². The van der Waals surface area contributed by atoms with Gasteiger partial charge in [0, 0.05) is 18.7 Å². The highest BCUT2D eigenvalue weighted by atomic mass is 35.5. The first-order valence-corrected chi connectivity index (χ1v) is 15.9. The number of hydrogen-bond donors (Lipinski definition) is 3. The number of fused-ring (bicyclic) bond motifs is 3. The summed E-state index contributed by atoms with van der Waals surface area (Å²) < 4.78 is 27.2. The highest BCUT2D eigenvalue weighted by Gasteiger charge is 2.30. The molecule has 1 atom stereocenters. The zero-order valence-electron chi connectivity index (χ0n) is 27.8. The maximum Gasteiger partial charge on any atom is 0.420 e. The molecule has 0 fully saturated rings. The van der Waals surface area contributed by atoms with E-state index in [9.17, 15) is 28.7 Å². The van der Waals surface area contributed by atoms with E-state index in [1.807, 2.05) is 32.9 Å². The Morgan fingerprint density at radius 3 is 2.57 bits per heavy atom. The number of amides is 1. The summed E-state index contributed by atoms with van der Waals surface area (Å²) >= 11 is 5.45. The molecule has 0 aliphatic heterocycles. The molecule has 6 rings (SSSR count). The fourth-order valence-corrected chi connectivity index (χ4v) is 5.93. The van der Waals surface area contributed by atoms with Crippen LogP contribution in [0.3, 0.4) is 0 Å². The number of carboxylic acids is 1. The van der Waals surface area contributed by atoms with Crippen molar-refractivity contribution < 1.29 is 33.0 Å². The van der Waals surface area contributed by atoms with Crippen LogP contribution in [0.25, 0.3) is 16.7 Å². The fraction of sp³-hybridized carbons (Fsp3) is 0.353. The van der Waals surface area contributed by atoms with Crippen LogP contribution < -0.4 is 15.9 Å². The molecule has 1 amide bonds. The smallest absolute Gasteiger partial charge is 0.420 e. The van der Waals surface area contributed by atoms with Gasteiger partial charge in [-0.1, -0.05) is 12.1 Å². The molecule has 15 heteroatoms. The zero-order valence-corrected chi connectivity index (χ0v) is 28.5. The lowest BCUT2D eigenvalue weighted by atomic mass is 9.97. The van der Waals surface area contributed by atoms with E-state index in [4.69, 9.17) is 20.9 Å². The van der Waals surface area contributed by atoms with Gasteiger partial charge in [0.15, 0.2) is 22.7 Å². The number of halogens is 2. The minimum atomic E-state index is -1.39. The Morgan fingerprint density at radius 2 is 1.92 bits per heavy atom. The largest absolute Gasteiger partial charge is 0.477 e. The summed E-state index contributed by atoms with van der Waals surface area (Å²) in [4.78, 5) is 54.8. The van der Waals surface area contributed by atoms with Crippen molar-refractivity contribution in [2.24, 2.45) is 0 Å². The Morgan fingerprint density at radius 1 is 1.18 bits per heavy atom. The molecule has 0 radical (unpaired) electrons. The van der Waals surface area contributed by atoms with E-state index in [1.165, 1.54) is 0 Å². The number of oxazole rings is 1. The van der Waals surface area contributed by atoms with Gasteiger partial charge in [-0.05, 0) is 107 Å². The summed E-state index contributed by atoms with van der Waals surface area (Å²) in [7, 11) is 0. The Labute approximate surface area is 285 Å². The van der Waals surface area contributed by atoms with Crippen molar-refractivity contribution in [2.75, 3.05) is 0 Å². The molecule has 2 aromatic carbocycles. The average molecular weight is 695 g/mol. The predicted molar refractivity (Wildman–Crippen MR) is 178 cm³/mol. The van der Waals surface area contributed by atoms with E-state index in [0.29, 0.717) is 30.5 Å². The molecule has 0 saturated heterocycles. The van der Waals surface area contributed by atoms with Gasteiger partial charge in [0.05, 0.1) is 23.3 Å². The van der Waals surface area contributed by atoms with Crippen LogP contribution in [-0.4, -0.2) is 47.7 Å². The lowest BCUT2D eigenvalue weighted by Crippen LogP contribution is -2.29. The van der Waals surface area contributed by atoms with Gasteiger partial charge in [0.25, 0.3) is 5.91 Å². The number of nitrogens with zero attached hydrogens (tertiary/aromatic N) is 4.